The summed E-state index contributed by atoms with van der Waals surface area (Å²) >= 11 is 10.6. The molecule has 0 radical (unpaired) electrons. The molecule has 20 heavy (non-hydrogen) atoms. The maximum absolute atomic E-state index is 11.5. The van der Waals surface area contributed by atoms with Crippen molar-refractivity contribution in [3.05, 3.63) is 0 Å². The Labute approximate surface area is 136 Å². The molecular formula is C10H20Cl3NO4S2. The summed E-state index contributed by atoms with van der Waals surface area (Å²) in [6.45, 7) is 1.40. The fourth-order valence-electron chi connectivity index (χ4n) is 1.56. The van der Waals surface area contributed by atoms with E-state index in [0.29, 0.717) is 37.7 Å². The predicted molar refractivity (Wildman–Crippen MR) is 84.9 cm³/mol. The zero-order chi connectivity index (χ0) is 15.6. The molecule has 0 bridgehead atoms. The van der Waals surface area contributed by atoms with Gasteiger partial charge in [-0.05, 0) is 25.7 Å². The SMILES string of the molecule is O=S(=O)(CCCCl)N1CCCC1.O=S(=O)(Cl)CCCCl. The average molecular weight is 389 g/mol. The lowest BCUT2D eigenvalue weighted by Crippen LogP contribution is -2.30. The topological polar surface area (TPSA) is 71.5 Å². The molecule has 1 heterocycles. The summed E-state index contributed by atoms with van der Waals surface area (Å²) < 4.78 is 44.7. The van der Waals surface area contributed by atoms with Crippen molar-refractivity contribution in [2.75, 3.05) is 36.4 Å². The Balaban J connectivity index is 0.000000396. The van der Waals surface area contributed by atoms with Gasteiger partial charge in [0.05, 0.1) is 11.5 Å². The highest BCUT2D eigenvalue weighted by atomic mass is 35.7. The minimum absolute atomic E-state index is 0.0297. The van der Waals surface area contributed by atoms with Gasteiger partial charge in [-0.1, -0.05) is 0 Å². The van der Waals surface area contributed by atoms with Crippen molar-refractivity contribution in [3.63, 3.8) is 0 Å². The van der Waals surface area contributed by atoms with E-state index in [1.54, 1.807) is 4.31 Å². The molecule has 1 aliphatic heterocycles. The largest absolute Gasteiger partial charge is 0.232 e. The molecule has 0 aromatic carbocycles. The summed E-state index contributed by atoms with van der Waals surface area (Å²) in [5, 5.41) is 0. The van der Waals surface area contributed by atoms with Crippen LogP contribution in [0.3, 0.4) is 0 Å². The van der Waals surface area contributed by atoms with Gasteiger partial charge in [-0.3, -0.25) is 0 Å². The van der Waals surface area contributed by atoms with E-state index >= 15 is 0 Å². The van der Waals surface area contributed by atoms with E-state index in [4.69, 9.17) is 33.9 Å². The Bertz CT molecular complexity index is 447. The van der Waals surface area contributed by atoms with Crippen LogP contribution in [0, 0.1) is 0 Å². The van der Waals surface area contributed by atoms with Crippen LogP contribution in [0.25, 0.3) is 0 Å². The van der Waals surface area contributed by atoms with Crippen molar-refractivity contribution in [1.29, 1.82) is 0 Å². The van der Waals surface area contributed by atoms with Gasteiger partial charge >= 0.3 is 0 Å². The molecule has 0 amide bonds. The number of rotatable bonds is 7. The van der Waals surface area contributed by atoms with Crippen molar-refractivity contribution < 1.29 is 16.8 Å². The fraction of sp³-hybridized carbons (Fsp3) is 1.00. The second-order valence-electron chi connectivity index (χ2n) is 4.25. The minimum Gasteiger partial charge on any atom is -0.212 e. The first-order valence-electron chi connectivity index (χ1n) is 6.25. The highest BCUT2D eigenvalue weighted by Crippen LogP contribution is 2.13. The van der Waals surface area contributed by atoms with E-state index in [-0.39, 0.29) is 11.5 Å². The maximum Gasteiger partial charge on any atom is 0.232 e. The van der Waals surface area contributed by atoms with Crippen LogP contribution in [0.2, 0.25) is 0 Å². The smallest absolute Gasteiger partial charge is 0.212 e. The molecule has 10 heteroatoms. The van der Waals surface area contributed by atoms with Crippen LogP contribution >= 0.6 is 33.9 Å². The lowest BCUT2D eigenvalue weighted by molar-refractivity contribution is 0.477. The van der Waals surface area contributed by atoms with Crippen LogP contribution in [0.4, 0.5) is 0 Å². The first-order valence-corrected chi connectivity index (χ1v) is 11.4. The molecule has 1 fully saturated rings. The van der Waals surface area contributed by atoms with Crippen molar-refractivity contribution in [2.24, 2.45) is 0 Å². The van der Waals surface area contributed by atoms with E-state index in [9.17, 15) is 16.8 Å². The van der Waals surface area contributed by atoms with Gasteiger partial charge in [-0.15, -0.1) is 23.2 Å². The van der Waals surface area contributed by atoms with E-state index in [1.165, 1.54) is 0 Å². The summed E-state index contributed by atoms with van der Waals surface area (Å²) in [7, 11) is -1.45. The Morgan fingerprint density at radius 1 is 0.850 bits per heavy atom. The summed E-state index contributed by atoms with van der Waals surface area (Å²) in [6, 6.07) is 0. The number of hydrogen-bond acceptors (Lipinski definition) is 4. The fourth-order valence-corrected chi connectivity index (χ4v) is 4.54. The lowest BCUT2D eigenvalue weighted by atomic mass is 10.4. The molecule has 0 unspecified atom stereocenters. The van der Waals surface area contributed by atoms with E-state index in [1.807, 2.05) is 0 Å². The van der Waals surface area contributed by atoms with E-state index in [2.05, 4.69) is 0 Å². The summed E-state index contributed by atoms with van der Waals surface area (Å²) in [4.78, 5) is 0. The van der Waals surface area contributed by atoms with Gasteiger partial charge in [0.1, 0.15) is 0 Å². The molecule has 1 aliphatic rings. The highest BCUT2D eigenvalue weighted by molar-refractivity contribution is 8.13. The molecule has 0 N–H and O–H groups in total. The Morgan fingerprint density at radius 3 is 1.65 bits per heavy atom. The van der Waals surface area contributed by atoms with Crippen LogP contribution < -0.4 is 0 Å². The molecular weight excluding hydrogens is 369 g/mol. The Morgan fingerprint density at radius 2 is 1.30 bits per heavy atom. The number of sulfonamides is 1. The molecule has 0 aromatic rings. The van der Waals surface area contributed by atoms with Crippen LogP contribution in [0.15, 0.2) is 0 Å². The van der Waals surface area contributed by atoms with Gasteiger partial charge in [-0.2, -0.15) is 0 Å². The van der Waals surface area contributed by atoms with Gasteiger partial charge in [0.15, 0.2) is 0 Å². The molecule has 5 nitrogen and oxygen atoms in total. The molecule has 0 aliphatic carbocycles. The van der Waals surface area contributed by atoms with Gasteiger partial charge < -0.3 is 0 Å². The highest BCUT2D eigenvalue weighted by Gasteiger charge is 2.24. The lowest BCUT2D eigenvalue weighted by Gasteiger charge is -2.14. The normalized spacial score (nSPS) is 16.8. The van der Waals surface area contributed by atoms with Gasteiger partial charge in [-0.25, -0.2) is 21.1 Å². The second kappa shape index (κ2) is 10.5. The van der Waals surface area contributed by atoms with Crippen LogP contribution in [0.5, 0.6) is 0 Å². The molecule has 122 valence electrons. The molecule has 1 saturated heterocycles. The van der Waals surface area contributed by atoms with Gasteiger partial charge in [0.2, 0.25) is 19.1 Å². The standard InChI is InChI=1S/C7H14ClNO2S.C3H6Cl2O2S/c8-4-3-7-12(10,11)9-5-1-2-6-9;4-2-1-3-8(5,6)7/h1-7H2;1-3H2. The van der Waals surface area contributed by atoms with Gasteiger partial charge in [0.25, 0.3) is 0 Å². The number of hydrogen-bond donors (Lipinski definition) is 0. The van der Waals surface area contributed by atoms with Crippen molar-refractivity contribution >= 4 is 53.0 Å². The first-order chi connectivity index (χ1) is 9.23. The summed E-state index contributed by atoms with van der Waals surface area (Å²) in [5.74, 6) is 0.938. The summed E-state index contributed by atoms with van der Waals surface area (Å²) in [5.41, 5.74) is 0. The van der Waals surface area contributed by atoms with E-state index < -0.39 is 19.1 Å². The van der Waals surface area contributed by atoms with Crippen molar-refractivity contribution in [2.45, 2.75) is 25.7 Å². The maximum atomic E-state index is 11.5. The number of halogens is 3. The minimum atomic E-state index is -3.30. The Kier molecular flexibility index (Phi) is 10.8. The molecule has 0 aromatic heterocycles. The van der Waals surface area contributed by atoms with E-state index in [0.717, 1.165) is 12.8 Å². The monoisotopic (exact) mass is 387 g/mol. The summed E-state index contributed by atoms with van der Waals surface area (Å²) in [6.07, 6.45) is 2.98. The third-order valence-corrected chi connectivity index (χ3v) is 6.25. The third-order valence-electron chi connectivity index (χ3n) is 2.52. The van der Waals surface area contributed by atoms with Crippen molar-refractivity contribution in [1.82, 2.24) is 4.31 Å². The number of nitrogens with zero attached hydrogens (tertiary/aromatic N) is 1. The zero-order valence-electron chi connectivity index (χ0n) is 11.1. The molecule has 1 rings (SSSR count). The second-order valence-corrected chi connectivity index (χ2v) is 9.99. The average Bonchev–Trinajstić information content (AvgIpc) is 2.88. The predicted octanol–water partition coefficient (Wildman–Crippen LogP) is 2.22. The van der Waals surface area contributed by atoms with Crippen LogP contribution in [-0.2, 0) is 19.1 Å². The quantitative estimate of drug-likeness (QED) is 0.495. The van der Waals surface area contributed by atoms with Crippen LogP contribution in [-0.4, -0.2) is 57.5 Å². The number of alkyl halides is 2. The Hall–Kier alpha value is 0.730. The van der Waals surface area contributed by atoms with Crippen molar-refractivity contribution in [3.8, 4) is 0 Å². The first kappa shape index (κ1) is 20.7. The third kappa shape index (κ3) is 10.5. The van der Waals surface area contributed by atoms with Gasteiger partial charge in [0, 0.05) is 35.5 Å². The molecule has 0 saturated carbocycles. The molecule has 0 spiro atoms. The molecule has 0 atom stereocenters. The zero-order valence-corrected chi connectivity index (χ0v) is 15.0. The van der Waals surface area contributed by atoms with Crippen LogP contribution in [0.1, 0.15) is 25.7 Å².